The molecule has 0 bridgehead atoms. The molecule has 1 aliphatic rings. The van der Waals surface area contributed by atoms with Crippen molar-refractivity contribution in [2.24, 2.45) is 0 Å². The normalized spacial score (nSPS) is 14.5. The van der Waals surface area contributed by atoms with E-state index in [0.29, 0.717) is 0 Å². The van der Waals surface area contributed by atoms with Crippen molar-refractivity contribution in [3.63, 3.8) is 0 Å². The summed E-state index contributed by atoms with van der Waals surface area (Å²) >= 11 is 5.54. The second kappa shape index (κ2) is 6.84. The number of non-ortho nitro benzene ring substituents is 1. The zero-order chi connectivity index (χ0) is 17.1. The molecule has 1 aliphatic heterocycles. The first-order valence-corrected chi connectivity index (χ1v) is 8.03. The highest BCUT2D eigenvalue weighted by molar-refractivity contribution is 7.80. The predicted octanol–water partition coefficient (Wildman–Crippen LogP) is 2.80. The molecule has 2 aromatic rings. The Balaban J connectivity index is 1.62. The standard InChI is InChI=1S/C17H17N3O3S/c21-16-7-1-13(2-8-16)17(24)19-11-9-18(10-12-19)14-3-5-15(6-4-14)20(22)23/h1-8,21H,9-12H2. The Morgan fingerprint density at radius 2 is 1.58 bits per heavy atom. The van der Waals surface area contributed by atoms with Gasteiger partial charge in [-0.1, -0.05) is 12.2 Å². The minimum absolute atomic E-state index is 0.103. The fourth-order valence-electron chi connectivity index (χ4n) is 2.74. The van der Waals surface area contributed by atoms with E-state index in [9.17, 15) is 15.2 Å². The molecule has 0 saturated carbocycles. The number of hydrogen-bond donors (Lipinski definition) is 1. The van der Waals surface area contributed by atoms with Gasteiger partial charge < -0.3 is 14.9 Å². The molecule has 0 radical (unpaired) electrons. The van der Waals surface area contributed by atoms with Crippen molar-refractivity contribution in [2.45, 2.75) is 0 Å². The molecule has 6 nitrogen and oxygen atoms in total. The molecule has 124 valence electrons. The zero-order valence-corrected chi connectivity index (χ0v) is 13.8. The number of anilines is 1. The lowest BCUT2D eigenvalue weighted by molar-refractivity contribution is -0.384. The third-order valence-electron chi connectivity index (χ3n) is 4.11. The van der Waals surface area contributed by atoms with E-state index in [1.165, 1.54) is 12.1 Å². The maximum atomic E-state index is 10.7. The van der Waals surface area contributed by atoms with E-state index in [1.807, 2.05) is 12.1 Å². The molecular formula is C17H17N3O3S. The van der Waals surface area contributed by atoms with E-state index in [2.05, 4.69) is 9.80 Å². The predicted molar refractivity (Wildman–Crippen MR) is 96.7 cm³/mol. The first-order chi connectivity index (χ1) is 11.5. The molecule has 0 aromatic heterocycles. The van der Waals surface area contributed by atoms with E-state index < -0.39 is 4.92 Å². The molecule has 0 amide bonds. The van der Waals surface area contributed by atoms with E-state index in [0.717, 1.165) is 42.4 Å². The molecule has 0 unspecified atom stereocenters. The number of nitro groups is 1. The number of nitrogens with zero attached hydrogens (tertiary/aromatic N) is 3. The van der Waals surface area contributed by atoms with E-state index in [-0.39, 0.29) is 11.4 Å². The largest absolute Gasteiger partial charge is 0.508 e. The van der Waals surface area contributed by atoms with Gasteiger partial charge in [0.2, 0.25) is 0 Å². The summed E-state index contributed by atoms with van der Waals surface area (Å²) in [6.45, 7) is 3.18. The molecule has 1 saturated heterocycles. The van der Waals surface area contributed by atoms with Crippen molar-refractivity contribution in [2.75, 3.05) is 31.1 Å². The van der Waals surface area contributed by atoms with Crippen molar-refractivity contribution in [3.8, 4) is 5.75 Å². The van der Waals surface area contributed by atoms with Crippen LogP contribution < -0.4 is 4.90 Å². The lowest BCUT2D eigenvalue weighted by Gasteiger charge is -2.37. The Hall–Kier alpha value is -2.67. The monoisotopic (exact) mass is 343 g/mol. The van der Waals surface area contributed by atoms with Crippen LogP contribution in [-0.2, 0) is 0 Å². The van der Waals surface area contributed by atoms with Crippen LogP contribution in [-0.4, -0.2) is 46.1 Å². The summed E-state index contributed by atoms with van der Waals surface area (Å²) in [6.07, 6.45) is 0. The number of benzene rings is 2. The van der Waals surface area contributed by atoms with Crippen molar-refractivity contribution in [3.05, 3.63) is 64.2 Å². The van der Waals surface area contributed by atoms with Gasteiger partial charge in [0.25, 0.3) is 5.69 Å². The third kappa shape index (κ3) is 3.46. The molecular weight excluding hydrogens is 326 g/mol. The van der Waals surface area contributed by atoms with Crippen molar-refractivity contribution >= 4 is 28.6 Å². The van der Waals surface area contributed by atoms with Gasteiger partial charge in [-0.05, 0) is 36.4 Å². The topological polar surface area (TPSA) is 69.9 Å². The molecule has 2 aromatic carbocycles. The summed E-state index contributed by atoms with van der Waals surface area (Å²) in [5.41, 5.74) is 2.01. The Labute approximate surface area is 145 Å². The average molecular weight is 343 g/mol. The van der Waals surface area contributed by atoms with E-state index >= 15 is 0 Å². The highest BCUT2D eigenvalue weighted by Crippen LogP contribution is 2.21. The van der Waals surface area contributed by atoms with Gasteiger partial charge in [-0.15, -0.1) is 0 Å². The number of thiocarbonyl (C=S) groups is 1. The number of phenolic OH excluding ortho intramolecular Hbond substituents is 1. The Bertz CT molecular complexity index is 739. The summed E-state index contributed by atoms with van der Waals surface area (Å²) < 4.78 is 0. The molecule has 24 heavy (non-hydrogen) atoms. The van der Waals surface area contributed by atoms with E-state index in [1.54, 1.807) is 24.3 Å². The SMILES string of the molecule is O=[N+]([O-])c1ccc(N2CCN(C(=S)c3ccc(O)cc3)CC2)cc1. The van der Waals surface area contributed by atoms with Crippen LogP contribution in [0.15, 0.2) is 48.5 Å². The number of hydrogen-bond acceptors (Lipinski definition) is 5. The van der Waals surface area contributed by atoms with Crippen LogP contribution in [0.25, 0.3) is 0 Å². The number of nitro benzene ring substituents is 1. The summed E-state index contributed by atoms with van der Waals surface area (Å²) in [5.74, 6) is 0.226. The van der Waals surface area contributed by atoms with Gasteiger partial charge in [0.05, 0.1) is 4.92 Å². The third-order valence-corrected chi connectivity index (χ3v) is 4.60. The molecule has 1 heterocycles. The van der Waals surface area contributed by atoms with Crippen molar-refractivity contribution in [1.29, 1.82) is 0 Å². The quantitative estimate of drug-likeness (QED) is 0.525. The van der Waals surface area contributed by atoms with Crippen LogP contribution in [0.2, 0.25) is 0 Å². The fraction of sp³-hybridized carbons (Fsp3) is 0.235. The Kier molecular flexibility index (Phi) is 4.61. The number of rotatable bonds is 3. The van der Waals surface area contributed by atoms with Crippen LogP contribution in [0.4, 0.5) is 11.4 Å². The number of phenols is 1. The molecule has 3 rings (SSSR count). The zero-order valence-electron chi connectivity index (χ0n) is 13.0. The van der Waals surface area contributed by atoms with Gasteiger partial charge in [0.1, 0.15) is 10.7 Å². The second-order valence-corrected chi connectivity index (χ2v) is 5.99. The molecule has 1 fully saturated rings. The van der Waals surface area contributed by atoms with Crippen molar-refractivity contribution in [1.82, 2.24) is 4.90 Å². The summed E-state index contributed by atoms with van der Waals surface area (Å²) in [5, 5.41) is 20.1. The summed E-state index contributed by atoms with van der Waals surface area (Å²) in [7, 11) is 0. The van der Waals surface area contributed by atoms with Crippen LogP contribution in [0.1, 0.15) is 5.56 Å². The smallest absolute Gasteiger partial charge is 0.269 e. The highest BCUT2D eigenvalue weighted by atomic mass is 32.1. The van der Waals surface area contributed by atoms with Gasteiger partial charge in [0.15, 0.2) is 0 Å². The van der Waals surface area contributed by atoms with Gasteiger partial charge >= 0.3 is 0 Å². The molecule has 7 heteroatoms. The first-order valence-electron chi connectivity index (χ1n) is 7.62. The number of piperazine rings is 1. The number of aromatic hydroxyl groups is 1. The Morgan fingerprint density at radius 1 is 1.00 bits per heavy atom. The molecule has 1 N–H and O–H groups in total. The highest BCUT2D eigenvalue weighted by Gasteiger charge is 2.20. The summed E-state index contributed by atoms with van der Waals surface area (Å²) in [4.78, 5) is 15.4. The van der Waals surface area contributed by atoms with Crippen LogP contribution in [0.5, 0.6) is 5.75 Å². The lowest BCUT2D eigenvalue weighted by atomic mass is 10.1. The lowest BCUT2D eigenvalue weighted by Crippen LogP contribution is -2.48. The van der Waals surface area contributed by atoms with Crippen molar-refractivity contribution < 1.29 is 10.0 Å². The fourth-order valence-corrected chi connectivity index (χ4v) is 3.06. The summed E-state index contributed by atoms with van der Waals surface area (Å²) in [6, 6.07) is 13.5. The molecule has 0 aliphatic carbocycles. The van der Waals surface area contributed by atoms with Gasteiger partial charge in [-0.2, -0.15) is 0 Å². The van der Waals surface area contributed by atoms with Crippen LogP contribution in [0.3, 0.4) is 0 Å². The molecule has 0 spiro atoms. The van der Waals surface area contributed by atoms with Crippen LogP contribution in [0, 0.1) is 10.1 Å². The van der Waals surface area contributed by atoms with Crippen LogP contribution >= 0.6 is 12.2 Å². The van der Waals surface area contributed by atoms with Gasteiger partial charge in [-0.3, -0.25) is 10.1 Å². The minimum atomic E-state index is -0.391. The minimum Gasteiger partial charge on any atom is -0.508 e. The maximum Gasteiger partial charge on any atom is 0.269 e. The average Bonchev–Trinajstić information content (AvgIpc) is 2.62. The second-order valence-electron chi connectivity index (χ2n) is 5.60. The maximum absolute atomic E-state index is 10.7. The van der Waals surface area contributed by atoms with Gasteiger partial charge in [0, 0.05) is 49.6 Å². The first kappa shape index (κ1) is 16.2. The van der Waals surface area contributed by atoms with E-state index in [4.69, 9.17) is 12.2 Å². The molecule has 0 atom stereocenters. The Morgan fingerprint density at radius 3 is 2.12 bits per heavy atom. The van der Waals surface area contributed by atoms with Gasteiger partial charge in [-0.25, -0.2) is 0 Å².